The fraction of sp³-hybridized carbons (Fsp3) is 0.644. The number of nitrogens with zero attached hydrogens (tertiary/aromatic N) is 2. The molecule has 0 spiro atoms. The molecule has 2 aliphatic carbocycles. The summed E-state index contributed by atoms with van der Waals surface area (Å²) < 4.78 is 89.0. The molecule has 5 rings (SSSR count). The first-order valence-corrected chi connectivity index (χ1v) is 25.6. The molecule has 0 unspecified atom stereocenters. The van der Waals surface area contributed by atoms with E-state index in [2.05, 4.69) is 10.6 Å². The number of amides is 3. The Labute approximate surface area is 421 Å². The number of hydrogen-bond acceptors (Lipinski definition) is 12. The van der Waals surface area contributed by atoms with Gasteiger partial charge < -0.3 is 24.8 Å². The van der Waals surface area contributed by atoms with Gasteiger partial charge in [0, 0.05) is 12.8 Å². The van der Waals surface area contributed by atoms with Crippen molar-refractivity contribution in [2.45, 2.75) is 110 Å². The molecule has 2 aromatic rings. The van der Waals surface area contributed by atoms with Crippen molar-refractivity contribution in [1.82, 2.24) is 15.5 Å². The van der Waals surface area contributed by atoms with E-state index in [0.29, 0.717) is 64.2 Å². The third-order valence-corrected chi connectivity index (χ3v) is 14.8. The standard InChI is InChI=1S/C22H31FN2O5S.C22H34FNO4S.CHNO.K/c1-16(18-7-8-19(23)20(13-18)30-11-9-17-5-6-17)15-31(28,29)12-4-2-3-10-25-14-21(26)24-22(25)27;1-17(16-29(26,27)13-5-3-4-11-24-15-18(2)25)20-8-9-21(23)22(14-20)28-12-10-19-6-7-19;2-1-3;/h7-8,13,16-17H,2-6,9-12,14-15H2,1H3,(H,24,26,27);8-9,14,17,19,24H,3-7,10-13,15-16H2,1-2H3;3H;/q;;;+1/p-1/t16-;17-;;/m11../s1. The minimum absolute atomic E-state index is 0. The molecule has 0 aromatic heterocycles. The molecule has 0 radical (unpaired) electrons. The van der Waals surface area contributed by atoms with Crippen LogP contribution in [0.3, 0.4) is 0 Å². The number of Topliss-reactive ketones (excluding diaryl/α,β-unsaturated/α-hetero) is 1. The van der Waals surface area contributed by atoms with Crippen LogP contribution in [0.2, 0.25) is 0 Å². The van der Waals surface area contributed by atoms with Crippen molar-refractivity contribution < 1.29 is 106 Å². The van der Waals surface area contributed by atoms with Gasteiger partial charge in [0.2, 0.25) is 5.91 Å². The van der Waals surface area contributed by atoms with E-state index in [1.54, 1.807) is 24.3 Å². The van der Waals surface area contributed by atoms with Crippen LogP contribution in [0.15, 0.2) is 36.4 Å². The number of halogens is 2. The first kappa shape index (κ1) is 57.4. The summed E-state index contributed by atoms with van der Waals surface area (Å²) >= 11 is 0. The maximum Gasteiger partial charge on any atom is 1.00 e. The Balaban J connectivity index is 0.000000409. The molecule has 2 aromatic carbocycles. The Morgan fingerprint density at radius 1 is 0.828 bits per heavy atom. The number of nitriles is 1. The Morgan fingerprint density at radius 3 is 1.69 bits per heavy atom. The van der Waals surface area contributed by atoms with Crippen LogP contribution in [-0.2, 0) is 29.3 Å². The number of nitrogens with one attached hydrogen (secondary N) is 2. The summed E-state index contributed by atoms with van der Waals surface area (Å²) in [6.45, 7) is 7.77. The molecule has 2 N–H and O–H groups in total. The number of rotatable bonds is 28. The van der Waals surface area contributed by atoms with E-state index in [9.17, 15) is 40.0 Å². The average Bonchev–Trinajstić information content (AvgIpc) is 4.15. The maximum atomic E-state index is 14.0. The molecule has 0 bridgehead atoms. The zero-order chi connectivity index (χ0) is 46.4. The topological polar surface area (TPSA) is 212 Å². The number of hydrogen-bond donors (Lipinski definition) is 2. The zero-order valence-corrected chi connectivity index (χ0v) is 42.6. The van der Waals surface area contributed by atoms with E-state index in [1.165, 1.54) is 49.6 Å². The second-order valence-electron chi connectivity index (χ2n) is 16.9. The van der Waals surface area contributed by atoms with Gasteiger partial charge in [-0.1, -0.05) is 64.5 Å². The van der Waals surface area contributed by atoms with Gasteiger partial charge in [0.1, 0.15) is 12.3 Å². The molecular formula is C45H65F2KN4O10S2. The Kier molecular flexibility index (Phi) is 26.8. The zero-order valence-electron chi connectivity index (χ0n) is 37.9. The van der Waals surface area contributed by atoms with Gasteiger partial charge in [-0.15, -0.1) is 0 Å². The van der Waals surface area contributed by atoms with Crippen molar-refractivity contribution in [2.75, 3.05) is 62.4 Å². The van der Waals surface area contributed by atoms with Gasteiger partial charge in [-0.3, -0.25) is 14.9 Å². The predicted octanol–water partition coefficient (Wildman–Crippen LogP) is 2.95. The summed E-state index contributed by atoms with van der Waals surface area (Å²) in [6, 6.07) is 8.83. The molecule has 14 nitrogen and oxygen atoms in total. The van der Waals surface area contributed by atoms with Crippen LogP contribution in [0.5, 0.6) is 11.5 Å². The Morgan fingerprint density at radius 2 is 1.28 bits per heavy atom. The van der Waals surface area contributed by atoms with Crippen molar-refractivity contribution in [3.8, 4) is 17.8 Å². The molecule has 3 amide bonds. The summed E-state index contributed by atoms with van der Waals surface area (Å²) in [6.07, 6.45) is 11.3. The SMILES string of the molecule is CC(=O)CNCCCCCS(=O)(=O)C[C@@H](C)c1ccc(F)c(OCCC2CC2)c1.C[C@H](CS(=O)(=O)CCCCCN1CC(=O)NC1=O)c1ccc(F)c(OCCC2CC2)c1.N#C[O-].[K+]. The van der Waals surface area contributed by atoms with Gasteiger partial charge in [0.05, 0.1) is 42.8 Å². The third-order valence-electron chi connectivity index (χ3n) is 11.0. The number of urea groups is 1. The van der Waals surface area contributed by atoms with Crippen molar-refractivity contribution in [3.63, 3.8) is 0 Å². The quantitative estimate of drug-likeness (QED) is 0.0546. The van der Waals surface area contributed by atoms with Crippen LogP contribution < -0.4 is 76.6 Å². The molecule has 352 valence electrons. The molecule has 19 heteroatoms. The van der Waals surface area contributed by atoms with Crippen molar-refractivity contribution >= 4 is 37.4 Å². The van der Waals surface area contributed by atoms with Gasteiger partial charge in [-0.25, -0.2) is 35.7 Å². The van der Waals surface area contributed by atoms with E-state index >= 15 is 0 Å². The van der Waals surface area contributed by atoms with Crippen LogP contribution >= 0.6 is 0 Å². The van der Waals surface area contributed by atoms with Crippen molar-refractivity contribution in [1.29, 1.82) is 5.26 Å². The summed E-state index contributed by atoms with van der Waals surface area (Å²) in [5.41, 5.74) is 1.53. The van der Waals surface area contributed by atoms with Crippen LogP contribution in [-0.4, -0.2) is 102 Å². The number of carbonyl (C=O) groups is 3. The van der Waals surface area contributed by atoms with E-state index in [4.69, 9.17) is 19.8 Å². The molecule has 1 heterocycles. The smallest absolute Gasteiger partial charge is 0.812 e. The second-order valence-corrected chi connectivity index (χ2v) is 21.4. The molecule has 3 aliphatic rings. The van der Waals surface area contributed by atoms with Gasteiger partial charge in [-0.2, -0.15) is 0 Å². The maximum absolute atomic E-state index is 14.0. The van der Waals surface area contributed by atoms with Gasteiger partial charge in [0.15, 0.2) is 42.8 Å². The van der Waals surface area contributed by atoms with E-state index in [0.717, 1.165) is 49.3 Å². The number of imide groups is 1. The molecule has 3 fully saturated rings. The monoisotopic (exact) mass is 962 g/mol. The van der Waals surface area contributed by atoms with E-state index in [1.807, 2.05) is 13.8 Å². The molecule has 2 atom stereocenters. The molecular weight excluding hydrogens is 898 g/mol. The largest absolute Gasteiger partial charge is 1.00 e. The summed E-state index contributed by atoms with van der Waals surface area (Å²) in [5, 5.41) is 20.2. The normalized spacial score (nSPS) is 15.6. The molecule has 2 saturated carbocycles. The van der Waals surface area contributed by atoms with Crippen molar-refractivity contribution in [2.24, 2.45) is 11.8 Å². The predicted molar refractivity (Wildman–Crippen MR) is 235 cm³/mol. The fourth-order valence-corrected chi connectivity index (χ4v) is 10.5. The number of ketones is 1. The van der Waals surface area contributed by atoms with Gasteiger partial charge in [0.25, 0.3) is 0 Å². The minimum atomic E-state index is -3.27. The Bertz CT molecular complexity index is 2050. The molecule has 1 saturated heterocycles. The second kappa shape index (κ2) is 29.8. The fourth-order valence-electron chi connectivity index (χ4n) is 6.96. The van der Waals surface area contributed by atoms with Crippen LogP contribution in [0, 0.1) is 35.0 Å². The van der Waals surface area contributed by atoms with E-state index < -0.39 is 31.3 Å². The summed E-state index contributed by atoms with van der Waals surface area (Å²) in [7, 11) is -6.46. The number of benzene rings is 2. The number of sulfone groups is 2. The van der Waals surface area contributed by atoms with Gasteiger partial charge in [-0.05, 0) is 111 Å². The van der Waals surface area contributed by atoms with Crippen molar-refractivity contribution in [3.05, 3.63) is 59.2 Å². The summed E-state index contributed by atoms with van der Waals surface area (Å²) in [4.78, 5) is 34.9. The minimum Gasteiger partial charge on any atom is -0.812 e. The average molecular weight is 963 g/mol. The summed E-state index contributed by atoms with van der Waals surface area (Å²) in [5.74, 6) is 0.534. The van der Waals surface area contributed by atoms with Crippen LogP contribution in [0.1, 0.15) is 121 Å². The number of ether oxygens (including phenoxy) is 2. The van der Waals surface area contributed by atoms with Gasteiger partial charge >= 0.3 is 57.4 Å². The Hall–Kier alpha value is -2.70. The van der Waals surface area contributed by atoms with Crippen LogP contribution in [0.4, 0.5) is 13.6 Å². The van der Waals surface area contributed by atoms with Crippen LogP contribution in [0.25, 0.3) is 0 Å². The first-order valence-electron chi connectivity index (χ1n) is 22.0. The third kappa shape index (κ3) is 24.2. The number of unbranched alkanes of at least 4 members (excludes halogenated alkanes) is 4. The molecule has 64 heavy (non-hydrogen) atoms. The van der Waals surface area contributed by atoms with E-state index in [-0.39, 0.29) is 122 Å². The first-order chi connectivity index (χ1) is 29.9. The molecule has 1 aliphatic heterocycles. The number of carbonyl (C=O) groups excluding carboxylic acids is 3.